The van der Waals surface area contributed by atoms with Crippen LogP contribution in [0.4, 0.5) is 5.69 Å². The zero-order chi connectivity index (χ0) is 15.4. The average molecular weight is 287 g/mol. The molecule has 0 saturated heterocycles. The molecule has 0 saturated carbocycles. The number of nitrogens with one attached hydrogen (secondary N) is 1. The van der Waals surface area contributed by atoms with E-state index >= 15 is 0 Å². The number of carboxylic acids is 1. The van der Waals surface area contributed by atoms with Gasteiger partial charge in [0.05, 0.1) is 18.5 Å². The summed E-state index contributed by atoms with van der Waals surface area (Å²) in [6.07, 6.45) is 1.65. The first kappa shape index (κ1) is 14.8. The van der Waals surface area contributed by atoms with Crippen molar-refractivity contribution in [3.8, 4) is 5.88 Å². The maximum Gasteiger partial charge on any atom is 0.339 e. The summed E-state index contributed by atoms with van der Waals surface area (Å²) in [4.78, 5) is 19.6. The maximum atomic E-state index is 11.4. The second-order valence-corrected chi connectivity index (χ2v) is 4.64. The number of hydrogen-bond acceptors (Lipinski definition) is 5. The van der Waals surface area contributed by atoms with Crippen molar-refractivity contribution in [1.82, 2.24) is 9.97 Å². The molecule has 2 aromatic heterocycles. The van der Waals surface area contributed by atoms with Crippen LogP contribution in [0, 0.1) is 13.8 Å². The SMILES string of the molecule is COc1cc(CNc2cc(C)nc(C)c2C(=O)O)ccn1. The van der Waals surface area contributed by atoms with Crippen LogP contribution in [0.1, 0.15) is 27.3 Å². The van der Waals surface area contributed by atoms with Crippen molar-refractivity contribution in [2.24, 2.45) is 0 Å². The van der Waals surface area contributed by atoms with Gasteiger partial charge in [-0.3, -0.25) is 4.98 Å². The summed E-state index contributed by atoms with van der Waals surface area (Å²) in [5.41, 5.74) is 2.97. The van der Waals surface area contributed by atoms with Crippen molar-refractivity contribution in [2.75, 3.05) is 12.4 Å². The predicted molar refractivity (Wildman–Crippen MR) is 78.8 cm³/mol. The van der Waals surface area contributed by atoms with Gasteiger partial charge in [-0.25, -0.2) is 9.78 Å². The summed E-state index contributed by atoms with van der Waals surface area (Å²) < 4.78 is 5.06. The van der Waals surface area contributed by atoms with Gasteiger partial charge < -0.3 is 15.2 Å². The van der Waals surface area contributed by atoms with E-state index in [1.54, 1.807) is 32.4 Å². The number of nitrogens with zero attached hydrogens (tertiary/aromatic N) is 2. The molecule has 6 heteroatoms. The fraction of sp³-hybridized carbons (Fsp3) is 0.267. The van der Waals surface area contributed by atoms with Gasteiger partial charge in [0.2, 0.25) is 5.88 Å². The Morgan fingerprint density at radius 3 is 2.81 bits per heavy atom. The fourth-order valence-corrected chi connectivity index (χ4v) is 2.11. The summed E-state index contributed by atoms with van der Waals surface area (Å²) in [5.74, 6) is -0.468. The van der Waals surface area contributed by atoms with Crippen LogP contribution in [-0.4, -0.2) is 28.2 Å². The molecule has 0 spiro atoms. The molecule has 0 bridgehead atoms. The van der Waals surface area contributed by atoms with Gasteiger partial charge in [0.25, 0.3) is 0 Å². The average Bonchev–Trinajstić information content (AvgIpc) is 2.44. The molecule has 2 heterocycles. The van der Waals surface area contributed by atoms with E-state index in [1.807, 2.05) is 13.0 Å². The van der Waals surface area contributed by atoms with Crippen molar-refractivity contribution >= 4 is 11.7 Å². The topological polar surface area (TPSA) is 84.3 Å². The van der Waals surface area contributed by atoms with E-state index in [2.05, 4.69) is 15.3 Å². The summed E-state index contributed by atoms with van der Waals surface area (Å²) >= 11 is 0. The number of carbonyl (C=O) groups is 1. The number of rotatable bonds is 5. The lowest BCUT2D eigenvalue weighted by Crippen LogP contribution is -2.10. The molecular weight excluding hydrogens is 270 g/mol. The molecular formula is C15H17N3O3. The molecule has 6 nitrogen and oxygen atoms in total. The minimum Gasteiger partial charge on any atom is -0.481 e. The van der Waals surface area contributed by atoms with Gasteiger partial charge in [-0.05, 0) is 31.5 Å². The Labute approximate surface area is 122 Å². The minimum absolute atomic E-state index is 0.196. The Hall–Kier alpha value is -2.63. The van der Waals surface area contributed by atoms with Crippen LogP contribution in [0.25, 0.3) is 0 Å². The van der Waals surface area contributed by atoms with Crippen molar-refractivity contribution in [2.45, 2.75) is 20.4 Å². The molecule has 0 aromatic carbocycles. The number of aromatic carboxylic acids is 1. The van der Waals surface area contributed by atoms with Crippen LogP contribution < -0.4 is 10.1 Å². The first-order valence-corrected chi connectivity index (χ1v) is 6.45. The van der Waals surface area contributed by atoms with Crippen LogP contribution in [0.2, 0.25) is 0 Å². The second-order valence-electron chi connectivity index (χ2n) is 4.64. The number of methoxy groups -OCH3 is 1. The number of aryl methyl sites for hydroxylation is 2. The molecule has 0 aliphatic heterocycles. The number of anilines is 1. The van der Waals surface area contributed by atoms with E-state index in [-0.39, 0.29) is 5.56 Å². The van der Waals surface area contributed by atoms with E-state index in [1.165, 1.54) is 0 Å². The van der Waals surface area contributed by atoms with E-state index < -0.39 is 5.97 Å². The third-order valence-electron chi connectivity index (χ3n) is 3.03. The lowest BCUT2D eigenvalue weighted by atomic mass is 10.1. The van der Waals surface area contributed by atoms with Gasteiger partial charge in [-0.15, -0.1) is 0 Å². The minimum atomic E-state index is -0.991. The number of carboxylic acid groups (broad SMARTS) is 1. The Bertz CT molecular complexity index is 671. The van der Waals surface area contributed by atoms with Crippen molar-refractivity contribution in [3.05, 3.63) is 46.9 Å². The third-order valence-corrected chi connectivity index (χ3v) is 3.03. The Morgan fingerprint density at radius 2 is 2.14 bits per heavy atom. The molecule has 2 aromatic rings. The smallest absolute Gasteiger partial charge is 0.339 e. The van der Waals surface area contributed by atoms with Gasteiger partial charge in [-0.1, -0.05) is 0 Å². The highest BCUT2D eigenvalue weighted by molar-refractivity contribution is 5.95. The van der Waals surface area contributed by atoms with Crippen LogP contribution in [-0.2, 0) is 6.54 Å². The zero-order valence-electron chi connectivity index (χ0n) is 12.2. The van der Waals surface area contributed by atoms with E-state index in [9.17, 15) is 9.90 Å². The van der Waals surface area contributed by atoms with Gasteiger partial charge in [0, 0.05) is 24.5 Å². The number of ether oxygens (including phenoxy) is 1. The molecule has 2 rings (SSSR count). The molecule has 0 aliphatic rings. The highest BCUT2D eigenvalue weighted by Crippen LogP contribution is 2.21. The molecule has 0 amide bonds. The van der Waals surface area contributed by atoms with Crippen LogP contribution in [0.3, 0.4) is 0 Å². The van der Waals surface area contributed by atoms with Crippen molar-refractivity contribution in [1.29, 1.82) is 0 Å². The molecule has 110 valence electrons. The Kier molecular flexibility index (Phi) is 4.37. The summed E-state index contributed by atoms with van der Waals surface area (Å²) in [6, 6.07) is 5.38. The predicted octanol–water partition coefficient (Wildman–Crippen LogP) is 2.41. The highest BCUT2D eigenvalue weighted by atomic mass is 16.5. The first-order chi connectivity index (χ1) is 10.0. The molecule has 0 unspecified atom stereocenters. The van der Waals surface area contributed by atoms with E-state index in [4.69, 9.17) is 4.74 Å². The second kappa shape index (κ2) is 6.21. The van der Waals surface area contributed by atoms with Gasteiger partial charge in [-0.2, -0.15) is 0 Å². The monoisotopic (exact) mass is 287 g/mol. The number of pyridine rings is 2. The standard InChI is InChI=1S/C15H17N3O3/c1-9-6-12(14(15(19)20)10(2)18-9)17-8-11-4-5-16-13(7-11)21-3/h4-7H,8H2,1-3H3,(H,17,18)(H,19,20). The lowest BCUT2D eigenvalue weighted by molar-refractivity contribution is 0.0696. The van der Waals surface area contributed by atoms with Crippen LogP contribution in [0.5, 0.6) is 5.88 Å². The Balaban J connectivity index is 2.25. The van der Waals surface area contributed by atoms with E-state index in [0.29, 0.717) is 23.8 Å². The molecule has 0 atom stereocenters. The first-order valence-electron chi connectivity index (χ1n) is 6.45. The molecule has 0 aliphatic carbocycles. The highest BCUT2D eigenvalue weighted by Gasteiger charge is 2.15. The third kappa shape index (κ3) is 3.47. The van der Waals surface area contributed by atoms with Crippen molar-refractivity contribution < 1.29 is 14.6 Å². The lowest BCUT2D eigenvalue weighted by Gasteiger charge is -2.12. The van der Waals surface area contributed by atoms with Crippen molar-refractivity contribution in [3.63, 3.8) is 0 Å². The quantitative estimate of drug-likeness (QED) is 0.878. The zero-order valence-corrected chi connectivity index (χ0v) is 12.2. The molecule has 2 N–H and O–H groups in total. The summed E-state index contributed by atoms with van der Waals surface area (Å²) in [5, 5.41) is 12.4. The summed E-state index contributed by atoms with van der Waals surface area (Å²) in [7, 11) is 1.55. The maximum absolute atomic E-state index is 11.4. The molecule has 21 heavy (non-hydrogen) atoms. The Morgan fingerprint density at radius 1 is 1.38 bits per heavy atom. The normalized spacial score (nSPS) is 10.2. The van der Waals surface area contributed by atoms with Crippen LogP contribution in [0.15, 0.2) is 24.4 Å². The van der Waals surface area contributed by atoms with Gasteiger partial charge in [0.1, 0.15) is 5.56 Å². The van der Waals surface area contributed by atoms with E-state index in [0.717, 1.165) is 11.3 Å². The van der Waals surface area contributed by atoms with Crippen LogP contribution >= 0.6 is 0 Å². The summed E-state index contributed by atoms with van der Waals surface area (Å²) in [6.45, 7) is 4.00. The molecule has 0 radical (unpaired) electrons. The van der Waals surface area contributed by atoms with Gasteiger partial charge >= 0.3 is 5.97 Å². The molecule has 0 fully saturated rings. The number of aromatic nitrogens is 2. The van der Waals surface area contributed by atoms with Gasteiger partial charge in [0.15, 0.2) is 0 Å². The largest absolute Gasteiger partial charge is 0.481 e. The fourth-order valence-electron chi connectivity index (χ4n) is 2.11. The number of hydrogen-bond donors (Lipinski definition) is 2.